The Balaban J connectivity index is 1.79. The predicted octanol–water partition coefficient (Wildman–Crippen LogP) is 3.71. The Morgan fingerprint density at radius 2 is 2.04 bits per heavy atom. The number of nitro groups is 1. The standard InChI is InChI=1S/C19H17N3O5S/c1-2-26-16-9-12(10-17-18(23)21-19(20)28-17)6-7-15(16)27-11-13-4-3-5-14(8-13)22(24)25/h3-10H,2,11H2,1H3,(H2,20,21,23)/b17-10+. The molecule has 0 aromatic heterocycles. The highest BCUT2D eigenvalue weighted by atomic mass is 32.2. The first-order valence-electron chi connectivity index (χ1n) is 8.38. The molecule has 1 saturated heterocycles. The van der Waals surface area contributed by atoms with Crippen molar-refractivity contribution in [1.29, 1.82) is 5.41 Å². The number of ether oxygens (including phenoxy) is 2. The van der Waals surface area contributed by atoms with Crippen LogP contribution >= 0.6 is 11.8 Å². The molecule has 28 heavy (non-hydrogen) atoms. The summed E-state index contributed by atoms with van der Waals surface area (Å²) in [6.07, 6.45) is 1.67. The second-order valence-corrected chi connectivity index (χ2v) is 6.80. The number of amides is 1. The van der Waals surface area contributed by atoms with Crippen molar-refractivity contribution in [3.8, 4) is 11.5 Å². The van der Waals surface area contributed by atoms with Gasteiger partial charge in [0.1, 0.15) is 6.61 Å². The minimum Gasteiger partial charge on any atom is -0.490 e. The number of nitrogens with one attached hydrogen (secondary N) is 2. The summed E-state index contributed by atoms with van der Waals surface area (Å²) in [4.78, 5) is 22.6. The normalized spacial score (nSPS) is 14.8. The molecule has 0 aliphatic carbocycles. The number of nitrogens with zero attached hydrogens (tertiary/aromatic N) is 1. The zero-order valence-electron chi connectivity index (χ0n) is 14.9. The van der Waals surface area contributed by atoms with Gasteiger partial charge in [-0.2, -0.15) is 0 Å². The monoisotopic (exact) mass is 399 g/mol. The van der Waals surface area contributed by atoms with Crippen LogP contribution in [0.2, 0.25) is 0 Å². The Hall–Kier alpha value is -3.33. The van der Waals surface area contributed by atoms with E-state index in [0.29, 0.717) is 28.6 Å². The molecule has 0 spiro atoms. The highest BCUT2D eigenvalue weighted by Gasteiger charge is 2.22. The number of carbonyl (C=O) groups is 1. The van der Waals surface area contributed by atoms with E-state index in [2.05, 4.69) is 5.32 Å². The van der Waals surface area contributed by atoms with E-state index < -0.39 is 4.92 Å². The number of amidine groups is 1. The lowest BCUT2D eigenvalue weighted by atomic mass is 10.1. The molecular formula is C19H17N3O5S. The predicted molar refractivity (Wildman–Crippen MR) is 106 cm³/mol. The van der Waals surface area contributed by atoms with Gasteiger partial charge >= 0.3 is 0 Å². The van der Waals surface area contributed by atoms with Crippen LogP contribution in [-0.2, 0) is 11.4 Å². The topological polar surface area (TPSA) is 115 Å². The van der Waals surface area contributed by atoms with Crippen LogP contribution in [0.5, 0.6) is 11.5 Å². The van der Waals surface area contributed by atoms with Crippen LogP contribution in [0.4, 0.5) is 5.69 Å². The minimum absolute atomic E-state index is 0.00557. The molecule has 1 aliphatic heterocycles. The van der Waals surface area contributed by atoms with Crippen LogP contribution in [0.15, 0.2) is 47.4 Å². The maximum absolute atomic E-state index is 11.8. The lowest BCUT2D eigenvalue weighted by Crippen LogP contribution is -2.18. The number of hydrogen-bond donors (Lipinski definition) is 2. The highest BCUT2D eigenvalue weighted by Crippen LogP contribution is 2.32. The van der Waals surface area contributed by atoms with Crippen molar-refractivity contribution in [3.05, 3.63) is 68.6 Å². The zero-order chi connectivity index (χ0) is 20.1. The zero-order valence-corrected chi connectivity index (χ0v) is 15.7. The van der Waals surface area contributed by atoms with Gasteiger partial charge in [-0.1, -0.05) is 18.2 Å². The van der Waals surface area contributed by atoms with Crippen molar-refractivity contribution < 1.29 is 19.2 Å². The number of nitro benzene ring substituents is 1. The van der Waals surface area contributed by atoms with Crippen molar-refractivity contribution in [2.24, 2.45) is 0 Å². The van der Waals surface area contributed by atoms with Gasteiger partial charge < -0.3 is 14.8 Å². The molecule has 0 radical (unpaired) electrons. The molecule has 1 fully saturated rings. The summed E-state index contributed by atoms with van der Waals surface area (Å²) in [7, 11) is 0. The van der Waals surface area contributed by atoms with Crippen LogP contribution in [0.3, 0.4) is 0 Å². The maximum Gasteiger partial charge on any atom is 0.269 e. The number of thioether (sulfide) groups is 1. The summed E-state index contributed by atoms with van der Waals surface area (Å²) in [5.74, 6) is 0.687. The summed E-state index contributed by atoms with van der Waals surface area (Å²) in [6, 6.07) is 11.5. The molecule has 0 bridgehead atoms. The van der Waals surface area contributed by atoms with E-state index in [9.17, 15) is 14.9 Å². The lowest BCUT2D eigenvalue weighted by Gasteiger charge is -2.13. The Morgan fingerprint density at radius 3 is 2.71 bits per heavy atom. The minimum atomic E-state index is -0.450. The molecule has 2 aromatic carbocycles. The summed E-state index contributed by atoms with van der Waals surface area (Å²) < 4.78 is 11.4. The molecule has 1 heterocycles. The third kappa shape index (κ3) is 4.68. The summed E-state index contributed by atoms with van der Waals surface area (Å²) in [5.41, 5.74) is 1.41. The molecule has 2 N–H and O–H groups in total. The van der Waals surface area contributed by atoms with Gasteiger partial charge in [-0.3, -0.25) is 20.3 Å². The number of benzene rings is 2. The fourth-order valence-corrected chi connectivity index (χ4v) is 3.22. The third-order valence-corrected chi connectivity index (χ3v) is 4.57. The Bertz CT molecular complexity index is 974. The fraction of sp³-hybridized carbons (Fsp3) is 0.158. The van der Waals surface area contributed by atoms with Gasteiger partial charge in [0.05, 0.1) is 16.4 Å². The molecule has 9 heteroatoms. The van der Waals surface area contributed by atoms with Gasteiger partial charge in [0.15, 0.2) is 16.7 Å². The van der Waals surface area contributed by atoms with Crippen molar-refractivity contribution in [1.82, 2.24) is 5.32 Å². The largest absolute Gasteiger partial charge is 0.490 e. The van der Waals surface area contributed by atoms with E-state index >= 15 is 0 Å². The third-order valence-electron chi connectivity index (χ3n) is 3.74. The van der Waals surface area contributed by atoms with E-state index in [-0.39, 0.29) is 23.4 Å². The van der Waals surface area contributed by atoms with Crippen molar-refractivity contribution in [3.63, 3.8) is 0 Å². The van der Waals surface area contributed by atoms with Gasteiger partial charge in [-0.15, -0.1) is 0 Å². The first kappa shape index (κ1) is 19.4. The van der Waals surface area contributed by atoms with Gasteiger partial charge in [-0.25, -0.2) is 0 Å². The van der Waals surface area contributed by atoms with Gasteiger partial charge in [0.25, 0.3) is 11.6 Å². The molecule has 144 valence electrons. The number of hydrogen-bond acceptors (Lipinski definition) is 7. The van der Waals surface area contributed by atoms with Crippen LogP contribution in [-0.4, -0.2) is 22.6 Å². The average Bonchev–Trinajstić information content (AvgIpc) is 2.98. The van der Waals surface area contributed by atoms with Crippen LogP contribution in [0.1, 0.15) is 18.1 Å². The fourth-order valence-electron chi connectivity index (χ4n) is 2.52. The highest BCUT2D eigenvalue weighted by molar-refractivity contribution is 8.18. The molecule has 0 unspecified atom stereocenters. The SMILES string of the molecule is CCOc1cc(/C=C2/SC(=N)NC2=O)ccc1OCc1cccc([N+](=O)[O-])c1. The van der Waals surface area contributed by atoms with E-state index in [4.69, 9.17) is 14.9 Å². The molecular weight excluding hydrogens is 382 g/mol. The van der Waals surface area contributed by atoms with Crippen molar-refractivity contribution >= 4 is 34.6 Å². The van der Waals surface area contributed by atoms with Crippen LogP contribution in [0, 0.1) is 15.5 Å². The molecule has 8 nitrogen and oxygen atoms in total. The Labute approximate surface area is 165 Å². The summed E-state index contributed by atoms with van der Waals surface area (Å²) in [5, 5.41) is 20.9. The summed E-state index contributed by atoms with van der Waals surface area (Å²) >= 11 is 1.06. The van der Waals surface area contributed by atoms with Gasteiger partial charge in [0, 0.05) is 12.1 Å². The smallest absolute Gasteiger partial charge is 0.269 e. The van der Waals surface area contributed by atoms with Crippen molar-refractivity contribution in [2.45, 2.75) is 13.5 Å². The van der Waals surface area contributed by atoms with E-state index in [1.54, 1.807) is 36.4 Å². The van der Waals surface area contributed by atoms with E-state index in [1.807, 2.05) is 6.92 Å². The second kappa shape index (κ2) is 8.57. The Kier molecular flexibility index (Phi) is 5.95. The van der Waals surface area contributed by atoms with E-state index in [0.717, 1.165) is 17.3 Å². The second-order valence-electron chi connectivity index (χ2n) is 5.75. The first-order chi connectivity index (χ1) is 13.5. The molecule has 1 amide bonds. The van der Waals surface area contributed by atoms with Crippen LogP contribution < -0.4 is 14.8 Å². The molecule has 1 aliphatic rings. The molecule has 2 aromatic rings. The van der Waals surface area contributed by atoms with Crippen molar-refractivity contribution in [2.75, 3.05) is 6.61 Å². The number of non-ortho nitro benzene ring substituents is 1. The average molecular weight is 399 g/mol. The molecule has 3 rings (SSSR count). The molecule has 0 saturated carbocycles. The number of carbonyl (C=O) groups excluding carboxylic acids is 1. The summed E-state index contributed by atoms with van der Waals surface area (Å²) in [6.45, 7) is 2.42. The first-order valence-corrected chi connectivity index (χ1v) is 9.20. The Morgan fingerprint density at radius 1 is 1.21 bits per heavy atom. The quantitative estimate of drug-likeness (QED) is 0.417. The molecule has 0 atom stereocenters. The maximum atomic E-state index is 11.8. The van der Waals surface area contributed by atoms with E-state index in [1.165, 1.54) is 12.1 Å². The lowest BCUT2D eigenvalue weighted by molar-refractivity contribution is -0.384. The van der Waals surface area contributed by atoms with Gasteiger partial charge in [0.2, 0.25) is 0 Å². The van der Waals surface area contributed by atoms with Gasteiger partial charge in [-0.05, 0) is 48.0 Å². The number of rotatable bonds is 7. The van der Waals surface area contributed by atoms with Crippen LogP contribution in [0.25, 0.3) is 6.08 Å².